The highest BCUT2D eigenvalue weighted by Crippen LogP contribution is 2.17. The molecule has 0 unspecified atom stereocenters. The summed E-state index contributed by atoms with van der Waals surface area (Å²) < 4.78 is 4.88. The molecule has 88 valence electrons. The number of hydrogen-bond donors (Lipinski definition) is 0. The first-order valence-electron chi connectivity index (χ1n) is 4.86. The molecule has 0 atom stereocenters. The Morgan fingerprint density at radius 3 is 2.29 bits per heavy atom. The largest absolute Gasteiger partial charge is 0.472 e. The van der Waals surface area contributed by atoms with E-state index in [4.69, 9.17) is 16.6 Å². The quantitative estimate of drug-likeness (QED) is 0.422. The maximum Gasteiger partial charge on any atom is 0.265 e. The summed E-state index contributed by atoms with van der Waals surface area (Å²) in [7, 11) is 3.08. The van der Waals surface area contributed by atoms with Crippen LogP contribution in [0.25, 0.3) is 6.08 Å². The molecular formula is C11H10N2O3S. The SMILES string of the molecule is CN1C(=O)C(=Cc2ccoc2)C(=O)N(C)C1=S. The van der Waals surface area contributed by atoms with Crippen molar-refractivity contribution in [3.63, 3.8) is 0 Å². The normalized spacial score (nSPS) is 16.8. The Morgan fingerprint density at radius 1 is 1.24 bits per heavy atom. The van der Waals surface area contributed by atoms with Gasteiger partial charge >= 0.3 is 0 Å². The van der Waals surface area contributed by atoms with Crippen LogP contribution in [0.3, 0.4) is 0 Å². The van der Waals surface area contributed by atoms with E-state index in [1.54, 1.807) is 6.07 Å². The molecule has 1 aromatic heterocycles. The van der Waals surface area contributed by atoms with Gasteiger partial charge in [0.1, 0.15) is 5.57 Å². The Labute approximate surface area is 103 Å². The lowest BCUT2D eigenvalue weighted by molar-refractivity contribution is -0.132. The average Bonchev–Trinajstić information content (AvgIpc) is 2.82. The summed E-state index contributed by atoms with van der Waals surface area (Å²) in [5.41, 5.74) is 0.737. The number of nitrogens with zero attached hydrogens (tertiary/aromatic N) is 2. The highest BCUT2D eigenvalue weighted by molar-refractivity contribution is 7.80. The summed E-state index contributed by atoms with van der Waals surface area (Å²) in [6, 6.07) is 1.67. The number of rotatable bonds is 1. The molecule has 0 bridgehead atoms. The van der Waals surface area contributed by atoms with Crippen molar-refractivity contribution in [2.24, 2.45) is 0 Å². The fourth-order valence-corrected chi connectivity index (χ4v) is 1.66. The Hall–Kier alpha value is -1.95. The van der Waals surface area contributed by atoms with E-state index >= 15 is 0 Å². The molecule has 1 fully saturated rings. The number of amides is 2. The lowest BCUT2D eigenvalue weighted by atomic mass is 10.1. The summed E-state index contributed by atoms with van der Waals surface area (Å²) in [6.07, 6.45) is 4.42. The van der Waals surface area contributed by atoms with Crippen LogP contribution in [0, 0.1) is 0 Å². The van der Waals surface area contributed by atoms with Crippen molar-refractivity contribution < 1.29 is 14.0 Å². The lowest BCUT2D eigenvalue weighted by Gasteiger charge is -2.31. The smallest absolute Gasteiger partial charge is 0.265 e. The molecule has 0 aliphatic carbocycles. The lowest BCUT2D eigenvalue weighted by Crippen LogP contribution is -2.52. The van der Waals surface area contributed by atoms with Crippen molar-refractivity contribution >= 4 is 35.2 Å². The van der Waals surface area contributed by atoms with E-state index in [0.717, 1.165) is 0 Å². The van der Waals surface area contributed by atoms with Crippen LogP contribution in [0.2, 0.25) is 0 Å². The Morgan fingerprint density at radius 2 is 1.82 bits per heavy atom. The molecule has 17 heavy (non-hydrogen) atoms. The van der Waals surface area contributed by atoms with Gasteiger partial charge in [-0.3, -0.25) is 19.4 Å². The molecule has 0 N–H and O–H groups in total. The maximum absolute atomic E-state index is 11.9. The number of furan rings is 1. The number of likely N-dealkylation sites (N-methyl/N-ethyl adjacent to an activating group) is 2. The van der Waals surface area contributed by atoms with Gasteiger partial charge in [-0.15, -0.1) is 0 Å². The van der Waals surface area contributed by atoms with Gasteiger partial charge in [0.05, 0.1) is 12.5 Å². The van der Waals surface area contributed by atoms with Crippen molar-refractivity contribution in [3.8, 4) is 0 Å². The van der Waals surface area contributed by atoms with Gasteiger partial charge in [-0.1, -0.05) is 0 Å². The van der Waals surface area contributed by atoms with Gasteiger partial charge in [0, 0.05) is 19.7 Å². The molecule has 0 saturated carbocycles. The molecule has 2 heterocycles. The minimum Gasteiger partial charge on any atom is -0.472 e. The first-order valence-corrected chi connectivity index (χ1v) is 5.27. The molecular weight excluding hydrogens is 240 g/mol. The van der Waals surface area contributed by atoms with E-state index in [2.05, 4.69) is 0 Å². The third-order valence-corrected chi connectivity index (χ3v) is 3.05. The van der Waals surface area contributed by atoms with Crippen LogP contribution in [-0.2, 0) is 9.59 Å². The molecule has 1 aliphatic rings. The first kappa shape index (κ1) is 11.5. The minimum atomic E-state index is -0.403. The zero-order valence-electron chi connectivity index (χ0n) is 9.34. The highest BCUT2D eigenvalue weighted by atomic mass is 32.1. The van der Waals surface area contributed by atoms with Crippen LogP contribution in [0.1, 0.15) is 5.56 Å². The van der Waals surface area contributed by atoms with E-state index in [-0.39, 0.29) is 10.7 Å². The van der Waals surface area contributed by atoms with Gasteiger partial charge in [-0.25, -0.2) is 0 Å². The zero-order valence-corrected chi connectivity index (χ0v) is 10.2. The first-order chi connectivity index (χ1) is 8.02. The van der Waals surface area contributed by atoms with E-state index in [0.29, 0.717) is 5.56 Å². The van der Waals surface area contributed by atoms with Gasteiger partial charge in [-0.2, -0.15) is 0 Å². The standard InChI is InChI=1S/C11H10N2O3S/c1-12-9(14)8(5-7-3-4-16-6-7)10(15)13(2)11(12)17/h3-6H,1-2H3. The molecule has 6 heteroatoms. The van der Waals surface area contributed by atoms with E-state index in [1.165, 1.54) is 42.5 Å². The molecule has 2 amide bonds. The number of carbonyl (C=O) groups excluding carboxylic acids is 2. The number of hydrogen-bond acceptors (Lipinski definition) is 4. The third-order valence-electron chi connectivity index (χ3n) is 2.50. The van der Waals surface area contributed by atoms with E-state index in [9.17, 15) is 9.59 Å². The van der Waals surface area contributed by atoms with E-state index < -0.39 is 11.8 Å². The van der Waals surface area contributed by atoms with Gasteiger partial charge in [0.15, 0.2) is 5.11 Å². The average molecular weight is 250 g/mol. The van der Waals surface area contributed by atoms with Gasteiger partial charge in [-0.05, 0) is 24.4 Å². The van der Waals surface area contributed by atoms with E-state index in [1.807, 2.05) is 0 Å². The van der Waals surface area contributed by atoms with Gasteiger partial charge < -0.3 is 4.42 Å². The molecule has 2 rings (SSSR count). The van der Waals surface area contributed by atoms with Crippen LogP contribution in [-0.4, -0.2) is 40.8 Å². The van der Waals surface area contributed by atoms with Crippen molar-refractivity contribution in [3.05, 3.63) is 29.7 Å². The molecule has 0 radical (unpaired) electrons. The second-order valence-electron chi connectivity index (χ2n) is 3.63. The number of thiocarbonyl (C=S) groups is 1. The monoisotopic (exact) mass is 250 g/mol. The van der Waals surface area contributed by atoms with Crippen LogP contribution < -0.4 is 0 Å². The summed E-state index contributed by atoms with van der Waals surface area (Å²) in [5, 5.41) is 0.198. The van der Waals surface area contributed by atoms with Crippen molar-refractivity contribution in [2.45, 2.75) is 0 Å². The summed E-state index contributed by atoms with van der Waals surface area (Å²) in [4.78, 5) is 26.4. The molecule has 1 saturated heterocycles. The Kier molecular flexibility index (Phi) is 2.81. The summed E-state index contributed by atoms with van der Waals surface area (Å²) >= 11 is 4.97. The van der Waals surface area contributed by atoms with Gasteiger partial charge in [0.25, 0.3) is 11.8 Å². The second-order valence-corrected chi connectivity index (χ2v) is 3.99. The summed E-state index contributed by atoms with van der Waals surface area (Å²) in [6.45, 7) is 0. The third kappa shape index (κ3) is 1.87. The van der Waals surface area contributed by atoms with Crippen LogP contribution in [0.15, 0.2) is 28.6 Å². The maximum atomic E-state index is 11.9. The highest BCUT2D eigenvalue weighted by Gasteiger charge is 2.35. The van der Waals surface area contributed by atoms with Crippen molar-refractivity contribution in [1.82, 2.24) is 9.80 Å². The molecule has 5 nitrogen and oxygen atoms in total. The second kappa shape index (κ2) is 4.14. The number of carbonyl (C=O) groups is 2. The van der Waals surface area contributed by atoms with Crippen LogP contribution in [0.4, 0.5) is 0 Å². The molecule has 1 aromatic rings. The predicted octanol–water partition coefficient (Wildman–Crippen LogP) is 0.878. The predicted molar refractivity (Wildman–Crippen MR) is 64.8 cm³/mol. The Bertz CT molecular complexity index is 493. The van der Waals surface area contributed by atoms with Crippen molar-refractivity contribution in [2.75, 3.05) is 14.1 Å². The fourth-order valence-electron chi connectivity index (χ4n) is 1.50. The molecule has 1 aliphatic heterocycles. The van der Waals surface area contributed by atoms with Crippen LogP contribution in [0.5, 0.6) is 0 Å². The zero-order chi connectivity index (χ0) is 12.6. The topological polar surface area (TPSA) is 53.8 Å². The molecule has 0 aromatic carbocycles. The fraction of sp³-hybridized carbons (Fsp3) is 0.182. The molecule has 0 spiro atoms. The Balaban J connectivity index is 2.43. The van der Waals surface area contributed by atoms with Crippen molar-refractivity contribution in [1.29, 1.82) is 0 Å². The van der Waals surface area contributed by atoms with Crippen LogP contribution >= 0.6 is 12.2 Å². The van der Waals surface area contributed by atoms with Gasteiger partial charge in [0.2, 0.25) is 0 Å². The summed E-state index contributed by atoms with van der Waals surface area (Å²) in [5.74, 6) is -0.807. The minimum absolute atomic E-state index is 0.0741.